The van der Waals surface area contributed by atoms with E-state index >= 15 is 0 Å². The first-order valence-corrected chi connectivity index (χ1v) is 10.5. The van der Waals surface area contributed by atoms with E-state index in [1.165, 1.54) is 16.6 Å². The van der Waals surface area contributed by atoms with Crippen LogP contribution in [-0.4, -0.2) is 64.7 Å². The number of ether oxygens (including phenoxy) is 1. The summed E-state index contributed by atoms with van der Waals surface area (Å²) < 4.78 is 33.5. The number of amides is 1. The SMILES string of the molecule is O=C(Nc1ccn(Cc2ccccn2)n1)c1cc(S(=O)(=O)N2CCOCC2)c[nH]1. The molecule has 4 heterocycles. The molecule has 3 aromatic heterocycles. The van der Waals surface area contributed by atoms with Crippen LogP contribution < -0.4 is 5.32 Å². The normalized spacial score (nSPS) is 15.3. The molecule has 0 saturated carbocycles. The Morgan fingerprint density at radius 1 is 1.24 bits per heavy atom. The van der Waals surface area contributed by atoms with E-state index in [2.05, 4.69) is 20.4 Å². The molecule has 1 aliphatic heterocycles. The van der Waals surface area contributed by atoms with Gasteiger partial charge in [-0.2, -0.15) is 9.40 Å². The van der Waals surface area contributed by atoms with Crippen molar-refractivity contribution in [3.05, 3.63) is 60.3 Å². The number of nitrogens with one attached hydrogen (secondary N) is 2. The molecule has 1 fully saturated rings. The molecule has 1 saturated heterocycles. The van der Waals surface area contributed by atoms with Crippen molar-refractivity contribution >= 4 is 21.7 Å². The third-order valence-electron chi connectivity index (χ3n) is 4.44. The molecule has 3 aromatic rings. The smallest absolute Gasteiger partial charge is 0.273 e. The number of anilines is 1. The number of aromatic amines is 1. The van der Waals surface area contributed by atoms with Crippen LogP contribution in [0.4, 0.5) is 5.82 Å². The third kappa shape index (κ3) is 4.36. The molecule has 11 heteroatoms. The van der Waals surface area contributed by atoms with Gasteiger partial charge in [0.1, 0.15) is 10.6 Å². The fourth-order valence-corrected chi connectivity index (χ4v) is 4.35. The van der Waals surface area contributed by atoms with E-state index in [4.69, 9.17) is 4.74 Å². The highest BCUT2D eigenvalue weighted by atomic mass is 32.2. The van der Waals surface area contributed by atoms with Crippen molar-refractivity contribution < 1.29 is 17.9 Å². The van der Waals surface area contributed by atoms with Crippen LogP contribution in [0.1, 0.15) is 16.2 Å². The Hall–Kier alpha value is -3.02. The molecule has 29 heavy (non-hydrogen) atoms. The van der Waals surface area contributed by atoms with Crippen LogP contribution in [0.2, 0.25) is 0 Å². The Morgan fingerprint density at radius 2 is 2.07 bits per heavy atom. The summed E-state index contributed by atoms with van der Waals surface area (Å²) in [6.45, 7) is 1.78. The van der Waals surface area contributed by atoms with Gasteiger partial charge in [0, 0.05) is 37.7 Å². The van der Waals surface area contributed by atoms with Gasteiger partial charge in [0.15, 0.2) is 5.82 Å². The lowest BCUT2D eigenvalue weighted by Gasteiger charge is -2.25. The van der Waals surface area contributed by atoms with Crippen LogP contribution in [0, 0.1) is 0 Å². The van der Waals surface area contributed by atoms with Crippen LogP contribution in [-0.2, 0) is 21.3 Å². The largest absolute Gasteiger partial charge is 0.379 e. The number of H-pyrrole nitrogens is 1. The van der Waals surface area contributed by atoms with E-state index in [0.717, 1.165) is 5.69 Å². The summed E-state index contributed by atoms with van der Waals surface area (Å²) in [5.74, 6) is -0.116. The fourth-order valence-electron chi connectivity index (χ4n) is 2.95. The number of pyridine rings is 1. The van der Waals surface area contributed by atoms with Crippen LogP contribution in [0.5, 0.6) is 0 Å². The molecule has 0 bridgehead atoms. The zero-order valence-corrected chi connectivity index (χ0v) is 16.3. The van der Waals surface area contributed by atoms with E-state index in [-0.39, 0.29) is 10.6 Å². The van der Waals surface area contributed by atoms with Gasteiger partial charge in [-0.05, 0) is 18.2 Å². The lowest BCUT2D eigenvalue weighted by Crippen LogP contribution is -2.40. The van der Waals surface area contributed by atoms with E-state index in [9.17, 15) is 13.2 Å². The number of nitrogens with zero attached hydrogens (tertiary/aromatic N) is 4. The zero-order chi connectivity index (χ0) is 20.3. The molecule has 2 N–H and O–H groups in total. The number of carbonyl (C=O) groups is 1. The number of rotatable bonds is 6. The highest BCUT2D eigenvalue weighted by Gasteiger charge is 2.28. The van der Waals surface area contributed by atoms with E-state index < -0.39 is 15.9 Å². The molecule has 1 amide bonds. The minimum atomic E-state index is -3.66. The van der Waals surface area contributed by atoms with Crippen molar-refractivity contribution in [1.29, 1.82) is 0 Å². The minimum Gasteiger partial charge on any atom is -0.379 e. The third-order valence-corrected chi connectivity index (χ3v) is 6.32. The van der Waals surface area contributed by atoms with Gasteiger partial charge in [-0.3, -0.25) is 14.5 Å². The second kappa shape index (κ2) is 8.15. The van der Waals surface area contributed by atoms with E-state index in [0.29, 0.717) is 38.7 Å². The van der Waals surface area contributed by atoms with E-state index in [1.807, 2.05) is 18.2 Å². The van der Waals surface area contributed by atoms with Crippen LogP contribution in [0.25, 0.3) is 0 Å². The molecule has 1 aliphatic rings. The first-order valence-electron chi connectivity index (χ1n) is 9.03. The molecule has 0 spiro atoms. The molecule has 0 radical (unpaired) electrons. The Bertz CT molecular complexity index is 1090. The molecule has 0 aromatic carbocycles. The van der Waals surface area contributed by atoms with Crippen molar-refractivity contribution in [1.82, 2.24) is 24.1 Å². The number of carbonyl (C=O) groups excluding carboxylic acids is 1. The summed E-state index contributed by atoms with van der Waals surface area (Å²) in [5, 5.41) is 6.95. The van der Waals surface area contributed by atoms with Gasteiger partial charge < -0.3 is 15.0 Å². The maximum absolute atomic E-state index is 12.7. The number of hydrogen-bond donors (Lipinski definition) is 2. The molecule has 0 unspecified atom stereocenters. The topological polar surface area (TPSA) is 122 Å². The number of sulfonamides is 1. The Balaban J connectivity index is 1.42. The fraction of sp³-hybridized carbons (Fsp3) is 0.278. The van der Waals surface area contributed by atoms with Gasteiger partial charge in [0.2, 0.25) is 10.0 Å². The molecular weight excluding hydrogens is 396 g/mol. The number of aromatic nitrogens is 4. The maximum Gasteiger partial charge on any atom is 0.273 e. The standard InChI is InChI=1S/C18H20N6O4S/c25-18(21-17-4-6-23(22-17)13-14-3-1-2-5-19-14)16-11-15(12-20-16)29(26,27)24-7-9-28-10-8-24/h1-6,11-12,20H,7-10,13H2,(H,21,22,25). The first kappa shape index (κ1) is 19.3. The average molecular weight is 416 g/mol. The number of morpholine rings is 1. The summed E-state index contributed by atoms with van der Waals surface area (Å²) in [5.41, 5.74) is 0.979. The summed E-state index contributed by atoms with van der Waals surface area (Å²) in [4.78, 5) is 19.5. The van der Waals surface area contributed by atoms with Crippen molar-refractivity contribution in [3.63, 3.8) is 0 Å². The predicted molar refractivity (Wildman–Crippen MR) is 104 cm³/mol. The molecule has 152 valence electrons. The number of hydrogen-bond acceptors (Lipinski definition) is 6. The van der Waals surface area contributed by atoms with Crippen LogP contribution in [0.3, 0.4) is 0 Å². The monoisotopic (exact) mass is 416 g/mol. The van der Waals surface area contributed by atoms with Gasteiger partial charge in [-0.1, -0.05) is 6.07 Å². The molecule has 4 rings (SSSR count). The Kier molecular flexibility index (Phi) is 5.43. The minimum absolute atomic E-state index is 0.0465. The van der Waals surface area contributed by atoms with Gasteiger partial charge in [0.25, 0.3) is 5.91 Å². The molecule has 0 aliphatic carbocycles. The van der Waals surface area contributed by atoms with Crippen LogP contribution >= 0.6 is 0 Å². The first-order chi connectivity index (χ1) is 14.0. The molecule has 10 nitrogen and oxygen atoms in total. The Labute approximate surface area is 167 Å². The second-order valence-corrected chi connectivity index (χ2v) is 8.38. The average Bonchev–Trinajstić information content (AvgIpc) is 3.40. The van der Waals surface area contributed by atoms with Gasteiger partial charge in [-0.15, -0.1) is 0 Å². The lowest BCUT2D eigenvalue weighted by atomic mass is 10.3. The molecule has 0 atom stereocenters. The second-order valence-electron chi connectivity index (χ2n) is 6.44. The predicted octanol–water partition coefficient (Wildman–Crippen LogP) is 0.928. The van der Waals surface area contributed by atoms with Gasteiger partial charge >= 0.3 is 0 Å². The van der Waals surface area contributed by atoms with Crippen LogP contribution in [0.15, 0.2) is 53.8 Å². The van der Waals surface area contributed by atoms with Gasteiger partial charge in [-0.25, -0.2) is 8.42 Å². The summed E-state index contributed by atoms with van der Waals surface area (Å²) in [6.07, 6.45) is 4.75. The zero-order valence-electron chi connectivity index (χ0n) is 15.5. The van der Waals surface area contributed by atoms with Crippen molar-refractivity contribution in [2.75, 3.05) is 31.6 Å². The quantitative estimate of drug-likeness (QED) is 0.616. The maximum atomic E-state index is 12.7. The summed E-state index contributed by atoms with van der Waals surface area (Å²) >= 11 is 0. The Morgan fingerprint density at radius 3 is 2.83 bits per heavy atom. The lowest BCUT2D eigenvalue weighted by molar-refractivity contribution is 0.0730. The van der Waals surface area contributed by atoms with Gasteiger partial charge in [0.05, 0.1) is 25.5 Å². The summed E-state index contributed by atoms with van der Waals surface area (Å²) in [7, 11) is -3.66. The highest BCUT2D eigenvalue weighted by Crippen LogP contribution is 2.18. The summed E-state index contributed by atoms with van der Waals surface area (Å²) in [6, 6.07) is 8.60. The molecular formula is C18H20N6O4S. The van der Waals surface area contributed by atoms with Crippen molar-refractivity contribution in [2.24, 2.45) is 0 Å². The van der Waals surface area contributed by atoms with E-state index in [1.54, 1.807) is 23.1 Å². The highest BCUT2D eigenvalue weighted by molar-refractivity contribution is 7.89. The van der Waals surface area contributed by atoms with Crippen molar-refractivity contribution in [2.45, 2.75) is 11.4 Å². The van der Waals surface area contributed by atoms with Crippen molar-refractivity contribution in [3.8, 4) is 0 Å².